The molecule has 112 valence electrons. The van der Waals surface area contributed by atoms with Gasteiger partial charge in [-0.05, 0) is 48.0 Å². The normalized spacial score (nSPS) is 17.7. The molecule has 0 bridgehead atoms. The van der Waals surface area contributed by atoms with Crippen LogP contribution in [0.2, 0.25) is 0 Å². The Morgan fingerprint density at radius 1 is 1.23 bits per heavy atom. The molecule has 0 aromatic heterocycles. The molecule has 0 unspecified atom stereocenters. The Hall–Kier alpha value is -2.40. The quantitative estimate of drug-likeness (QED) is 0.906. The number of benzene rings is 2. The number of hydrogen-bond acceptors (Lipinski definition) is 4. The zero-order chi connectivity index (χ0) is 15.4. The molecule has 1 aliphatic heterocycles. The summed E-state index contributed by atoms with van der Waals surface area (Å²) in [6.07, 6.45) is 2.12. The fourth-order valence-corrected chi connectivity index (χ4v) is 2.95. The van der Waals surface area contributed by atoms with Gasteiger partial charge in [0.1, 0.15) is 11.5 Å². The van der Waals surface area contributed by atoms with Crippen molar-refractivity contribution in [2.75, 3.05) is 13.7 Å². The fraction of sp³-hybridized carbons (Fsp3) is 0.118. The Morgan fingerprint density at radius 2 is 2.05 bits per heavy atom. The second kappa shape index (κ2) is 6.58. The first-order chi connectivity index (χ1) is 10.7. The van der Waals surface area contributed by atoms with E-state index in [4.69, 9.17) is 4.74 Å². The Kier molecular flexibility index (Phi) is 4.34. The van der Waals surface area contributed by atoms with Crippen molar-refractivity contribution >= 4 is 28.7 Å². The number of phenols is 1. The fourth-order valence-electron chi connectivity index (χ4n) is 2.06. The zero-order valence-corrected chi connectivity index (χ0v) is 12.9. The molecule has 0 aliphatic carbocycles. The first kappa shape index (κ1) is 14.5. The van der Waals surface area contributed by atoms with E-state index in [1.165, 1.54) is 4.91 Å². The maximum Gasteiger partial charge on any atom is 0.166 e. The summed E-state index contributed by atoms with van der Waals surface area (Å²) >= 11 is 1.61. The molecule has 4 nitrogen and oxygen atoms in total. The van der Waals surface area contributed by atoms with Crippen LogP contribution in [-0.4, -0.2) is 23.9 Å². The first-order valence-corrected chi connectivity index (χ1v) is 7.69. The lowest BCUT2D eigenvalue weighted by atomic mass is 10.2. The van der Waals surface area contributed by atoms with Crippen molar-refractivity contribution in [3.63, 3.8) is 0 Å². The van der Waals surface area contributed by atoms with Gasteiger partial charge < -0.3 is 15.2 Å². The minimum Gasteiger partial charge on any atom is -0.508 e. The molecular formula is C17H16N2O2S. The molecule has 2 aromatic carbocycles. The third-order valence-corrected chi connectivity index (χ3v) is 4.10. The van der Waals surface area contributed by atoms with E-state index in [0.29, 0.717) is 0 Å². The minimum atomic E-state index is 0.245. The summed E-state index contributed by atoms with van der Waals surface area (Å²) in [5.74, 6) is 1.10. The van der Waals surface area contributed by atoms with E-state index in [0.717, 1.165) is 28.7 Å². The molecule has 3 rings (SSSR count). The van der Waals surface area contributed by atoms with Crippen LogP contribution in [0.25, 0.3) is 6.08 Å². The third kappa shape index (κ3) is 3.62. The Bertz CT molecular complexity index is 724. The highest BCUT2D eigenvalue weighted by molar-refractivity contribution is 8.17. The van der Waals surface area contributed by atoms with Gasteiger partial charge in [0.15, 0.2) is 5.17 Å². The van der Waals surface area contributed by atoms with Gasteiger partial charge in [-0.3, -0.25) is 0 Å². The lowest BCUT2D eigenvalue weighted by Gasteiger charge is -2.00. The topological polar surface area (TPSA) is 53.8 Å². The number of aliphatic imine (C=N–C) groups is 1. The average Bonchev–Trinajstić information content (AvgIpc) is 2.97. The number of aromatic hydroxyl groups is 1. The Balaban J connectivity index is 1.73. The van der Waals surface area contributed by atoms with Gasteiger partial charge >= 0.3 is 0 Å². The molecule has 2 N–H and O–H groups in total. The highest BCUT2D eigenvalue weighted by Gasteiger charge is 2.14. The van der Waals surface area contributed by atoms with Gasteiger partial charge in [0.2, 0.25) is 0 Å². The van der Waals surface area contributed by atoms with E-state index in [9.17, 15) is 5.11 Å². The number of methoxy groups -OCH3 is 1. The van der Waals surface area contributed by atoms with Crippen molar-refractivity contribution in [2.24, 2.45) is 4.99 Å². The van der Waals surface area contributed by atoms with Crippen LogP contribution in [0.1, 0.15) is 5.56 Å². The Labute approximate surface area is 133 Å². The van der Waals surface area contributed by atoms with Crippen LogP contribution in [0.3, 0.4) is 0 Å². The molecule has 0 radical (unpaired) electrons. The second-order valence-corrected chi connectivity index (χ2v) is 5.89. The Morgan fingerprint density at radius 3 is 2.82 bits per heavy atom. The van der Waals surface area contributed by atoms with Crippen LogP contribution in [0.4, 0.5) is 5.69 Å². The minimum absolute atomic E-state index is 0.245. The zero-order valence-electron chi connectivity index (χ0n) is 12.1. The summed E-state index contributed by atoms with van der Waals surface area (Å²) in [7, 11) is 1.67. The monoisotopic (exact) mass is 312 g/mol. The summed E-state index contributed by atoms with van der Waals surface area (Å²) in [6.45, 7) is 0.763. The standard InChI is InChI=1S/C17H16N2O2S/c1-21-15-4-2-3-12(9-15)10-16-11-18-17(22-16)19-13-5-7-14(20)8-6-13/h2-10,20H,11H2,1H3,(H,18,19). The third-order valence-electron chi connectivity index (χ3n) is 3.14. The summed E-state index contributed by atoms with van der Waals surface area (Å²) < 4.78 is 5.23. The lowest BCUT2D eigenvalue weighted by molar-refractivity contribution is 0.414. The SMILES string of the molecule is COc1cccc(C=C2CNC(=Nc3ccc(O)cc3)S2)c1. The average molecular weight is 312 g/mol. The maximum absolute atomic E-state index is 9.28. The molecule has 22 heavy (non-hydrogen) atoms. The van der Waals surface area contributed by atoms with Crippen molar-refractivity contribution in [3.05, 3.63) is 59.0 Å². The molecule has 0 amide bonds. The summed E-state index contributed by atoms with van der Waals surface area (Å²) in [4.78, 5) is 5.72. The van der Waals surface area contributed by atoms with Gasteiger partial charge in [-0.1, -0.05) is 23.9 Å². The van der Waals surface area contributed by atoms with Crippen LogP contribution in [-0.2, 0) is 0 Å². The summed E-state index contributed by atoms with van der Waals surface area (Å²) in [5, 5.41) is 13.4. The number of nitrogens with one attached hydrogen (secondary N) is 1. The van der Waals surface area contributed by atoms with E-state index >= 15 is 0 Å². The lowest BCUT2D eigenvalue weighted by Crippen LogP contribution is -2.12. The molecule has 5 heteroatoms. The largest absolute Gasteiger partial charge is 0.508 e. The second-order valence-electron chi connectivity index (χ2n) is 4.78. The number of hydrogen-bond donors (Lipinski definition) is 2. The smallest absolute Gasteiger partial charge is 0.166 e. The van der Waals surface area contributed by atoms with Crippen molar-refractivity contribution in [3.8, 4) is 11.5 Å². The highest BCUT2D eigenvalue weighted by Crippen LogP contribution is 2.28. The van der Waals surface area contributed by atoms with Crippen LogP contribution >= 0.6 is 11.8 Å². The molecule has 1 saturated heterocycles. The van der Waals surface area contributed by atoms with E-state index in [2.05, 4.69) is 16.4 Å². The molecule has 1 fully saturated rings. The number of thioether (sulfide) groups is 1. The highest BCUT2D eigenvalue weighted by atomic mass is 32.2. The molecule has 2 aromatic rings. The van der Waals surface area contributed by atoms with E-state index in [1.54, 1.807) is 43.1 Å². The molecule has 0 atom stereocenters. The van der Waals surface area contributed by atoms with Crippen LogP contribution in [0, 0.1) is 0 Å². The molecule has 1 aliphatic rings. The van der Waals surface area contributed by atoms with Gasteiger partial charge in [0.25, 0.3) is 0 Å². The van der Waals surface area contributed by atoms with E-state index in [1.807, 2.05) is 24.3 Å². The first-order valence-electron chi connectivity index (χ1n) is 6.87. The predicted molar refractivity (Wildman–Crippen MR) is 91.8 cm³/mol. The molecule has 0 spiro atoms. The molecule has 1 heterocycles. The number of nitrogens with zero attached hydrogens (tertiary/aromatic N) is 1. The van der Waals surface area contributed by atoms with Crippen LogP contribution in [0.5, 0.6) is 11.5 Å². The van der Waals surface area contributed by atoms with Gasteiger partial charge in [-0.15, -0.1) is 0 Å². The number of rotatable bonds is 3. The van der Waals surface area contributed by atoms with Gasteiger partial charge in [0, 0.05) is 11.4 Å². The maximum atomic E-state index is 9.28. The molecule has 0 saturated carbocycles. The van der Waals surface area contributed by atoms with Gasteiger partial charge in [-0.2, -0.15) is 0 Å². The van der Waals surface area contributed by atoms with Crippen molar-refractivity contribution in [1.29, 1.82) is 0 Å². The van der Waals surface area contributed by atoms with Crippen LogP contribution < -0.4 is 10.1 Å². The van der Waals surface area contributed by atoms with Crippen molar-refractivity contribution < 1.29 is 9.84 Å². The number of phenolic OH excluding ortho intramolecular Hbond substituents is 1. The predicted octanol–water partition coefficient (Wildman–Crippen LogP) is 3.77. The van der Waals surface area contributed by atoms with Crippen LogP contribution in [0.15, 0.2) is 58.4 Å². The van der Waals surface area contributed by atoms with Crippen molar-refractivity contribution in [1.82, 2.24) is 5.32 Å². The van der Waals surface area contributed by atoms with Crippen molar-refractivity contribution in [2.45, 2.75) is 0 Å². The van der Waals surface area contributed by atoms with Gasteiger partial charge in [0.05, 0.1) is 12.8 Å². The summed E-state index contributed by atoms with van der Waals surface area (Å²) in [6, 6.07) is 14.8. The van der Waals surface area contributed by atoms with E-state index < -0.39 is 0 Å². The summed E-state index contributed by atoms with van der Waals surface area (Å²) in [5.41, 5.74) is 1.92. The molecular weight excluding hydrogens is 296 g/mol. The van der Waals surface area contributed by atoms with E-state index in [-0.39, 0.29) is 5.75 Å². The number of ether oxygens (including phenoxy) is 1. The number of amidine groups is 1. The van der Waals surface area contributed by atoms with Gasteiger partial charge in [-0.25, -0.2) is 4.99 Å².